The Balaban J connectivity index is 2.02. The van der Waals surface area contributed by atoms with E-state index in [2.05, 4.69) is 9.88 Å². The molecule has 2 heterocycles. The van der Waals surface area contributed by atoms with Crippen LogP contribution in [0.25, 0.3) is 0 Å². The lowest BCUT2D eigenvalue weighted by atomic mass is 10.2. The van der Waals surface area contributed by atoms with Gasteiger partial charge in [-0.05, 0) is 11.6 Å². The van der Waals surface area contributed by atoms with Crippen LogP contribution in [0.5, 0.6) is 0 Å². The second-order valence-electron chi connectivity index (χ2n) is 3.89. The first kappa shape index (κ1) is 11.4. The van der Waals surface area contributed by atoms with Crippen molar-refractivity contribution in [2.75, 3.05) is 26.4 Å². The van der Waals surface area contributed by atoms with Gasteiger partial charge in [0.2, 0.25) is 0 Å². The minimum absolute atomic E-state index is 0.00276. The van der Waals surface area contributed by atoms with Gasteiger partial charge in [0.05, 0.1) is 32.1 Å². The Labute approximate surface area is 93.7 Å². The number of ether oxygens (including phenoxy) is 1. The maximum Gasteiger partial charge on any atom is 0.141 e. The zero-order chi connectivity index (χ0) is 11.4. The van der Waals surface area contributed by atoms with Crippen LogP contribution in [0, 0.1) is 5.82 Å². The van der Waals surface area contributed by atoms with E-state index in [0.29, 0.717) is 19.8 Å². The van der Waals surface area contributed by atoms with Crippen molar-refractivity contribution < 1.29 is 14.2 Å². The summed E-state index contributed by atoms with van der Waals surface area (Å²) in [5.41, 5.74) is 0.820. The minimum Gasteiger partial charge on any atom is -0.395 e. The molecule has 0 saturated carbocycles. The largest absolute Gasteiger partial charge is 0.395 e. The molecule has 1 aromatic heterocycles. The lowest BCUT2D eigenvalue weighted by Crippen LogP contribution is -2.46. The molecule has 1 aromatic rings. The van der Waals surface area contributed by atoms with Crippen molar-refractivity contribution in [1.82, 2.24) is 9.88 Å². The van der Waals surface area contributed by atoms with E-state index < -0.39 is 0 Å². The number of morpholine rings is 1. The Kier molecular flexibility index (Phi) is 3.82. The van der Waals surface area contributed by atoms with Crippen LogP contribution in [0.3, 0.4) is 0 Å². The van der Waals surface area contributed by atoms with E-state index >= 15 is 0 Å². The number of halogens is 1. The molecule has 0 aromatic carbocycles. The summed E-state index contributed by atoms with van der Waals surface area (Å²) in [4.78, 5) is 5.89. The van der Waals surface area contributed by atoms with Crippen LogP contribution in [-0.4, -0.2) is 47.4 Å². The Morgan fingerprint density at radius 1 is 1.56 bits per heavy atom. The highest BCUT2D eigenvalue weighted by atomic mass is 19.1. The molecule has 16 heavy (non-hydrogen) atoms. The normalized spacial score (nSPS) is 22.2. The minimum atomic E-state index is -0.327. The zero-order valence-corrected chi connectivity index (χ0v) is 8.97. The van der Waals surface area contributed by atoms with E-state index in [1.807, 2.05) is 0 Å². The SMILES string of the molecule is OCC1COCCN1Cc1cncc(F)c1. The molecule has 1 atom stereocenters. The van der Waals surface area contributed by atoms with Crippen molar-refractivity contribution in [3.05, 3.63) is 29.8 Å². The molecule has 1 unspecified atom stereocenters. The summed E-state index contributed by atoms with van der Waals surface area (Å²) in [6.45, 7) is 2.59. The van der Waals surface area contributed by atoms with Gasteiger partial charge in [0.1, 0.15) is 5.82 Å². The molecular formula is C11H15FN2O2. The summed E-state index contributed by atoms with van der Waals surface area (Å²) in [6, 6.07) is 1.47. The predicted molar refractivity (Wildman–Crippen MR) is 56.3 cm³/mol. The summed E-state index contributed by atoms with van der Waals surface area (Å²) >= 11 is 0. The van der Waals surface area contributed by atoms with Crippen molar-refractivity contribution in [3.8, 4) is 0 Å². The Bertz CT molecular complexity index is 349. The monoisotopic (exact) mass is 226 g/mol. The van der Waals surface area contributed by atoms with Crippen LogP contribution in [0.15, 0.2) is 18.5 Å². The maximum absolute atomic E-state index is 12.9. The lowest BCUT2D eigenvalue weighted by Gasteiger charge is -2.34. The zero-order valence-electron chi connectivity index (χ0n) is 8.97. The molecule has 2 rings (SSSR count). The average molecular weight is 226 g/mol. The predicted octanol–water partition coefficient (Wildman–Crippen LogP) is 0.414. The van der Waals surface area contributed by atoms with Crippen molar-refractivity contribution in [3.63, 3.8) is 0 Å². The quantitative estimate of drug-likeness (QED) is 0.811. The first-order valence-corrected chi connectivity index (χ1v) is 5.31. The molecular weight excluding hydrogens is 211 g/mol. The fraction of sp³-hybridized carbons (Fsp3) is 0.545. The van der Waals surface area contributed by atoms with E-state index in [-0.39, 0.29) is 18.5 Å². The average Bonchev–Trinajstić information content (AvgIpc) is 2.30. The molecule has 4 nitrogen and oxygen atoms in total. The Morgan fingerprint density at radius 3 is 3.19 bits per heavy atom. The third-order valence-corrected chi connectivity index (χ3v) is 2.71. The van der Waals surface area contributed by atoms with Gasteiger partial charge < -0.3 is 9.84 Å². The topological polar surface area (TPSA) is 45.6 Å². The summed E-state index contributed by atoms with van der Waals surface area (Å²) in [5, 5.41) is 9.18. The van der Waals surface area contributed by atoms with Crippen molar-refractivity contribution in [2.24, 2.45) is 0 Å². The number of hydrogen-bond acceptors (Lipinski definition) is 4. The molecule has 1 aliphatic rings. The number of aliphatic hydroxyl groups is 1. The van der Waals surface area contributed by atoms with Crippen molar-refractivity contribution in [1.29, 1.82) is 0 Å². The van der Waals surface area contributed by atoms with E-state index in [4.69, 9.17) is 4.74 Å². The first-order chi connectivity index (χ1) is 7.79. The van der Waals surface area contributed by atoms with Gasteiger partial charge in [0, 0.05) is 19.3 Å². The van der Waals surface area contributed by atoms with Crippen LogP contribution in [0.4, 0.5) is 4.39 Å². The number of aliphatic hydroxyl groups excluding tert-OH is 1. The van der Waals surface area contributed by atoms with Gasteiger partial charge >= 0.3 is 0 Å². The van der Waals surface area contributed by atoms with E-state index in [9.17, 15) is 9.50 Å². The standard InChI is InChI=1S/C11H15FN2O2/c12-10-3-9(4-13-5-10)6-14-1-2-16-8-11(14)7-15/h3-5,11,15H,1-2,6-8H2. The fourth-order valence-electron chi connectivity index (χ4n) is 1.84. The number of rotatable bonds is 3. The Hall–Kier alpha value is -1.04. The third-order valence-electron chi connectivity index (χ3n) is 2.71. The van der Waals surface area contributed by atoms with Gasteiger partial charge in [-0.1, -0.05) is 0 Å². The van der Waals surface area contributed by atoms with Crippen LogP contribution in [0.1, 0.15) is 5.56 Å². The van der Waals surface area contributed by atoms with E-state index in [1.165, 1.54) is 12.3 Å². The number of nitrogens with zero attached hydrogens (tertiary/aromatic N) is 2. The molecule has 1 N–H and O–H groups in total. The summed E-state index contributed by atoms with van der Waals surface area (Å²) in [6.07, 6.45) is 2.83. The summed E-state index contributed by atoms with van der Waals surface area (Å²) in [5.74, 6) is -0.327. The molecule has 1 saturated heterocycles. The Morgan fingerprint density at radius 2 is 2.44 bits per heavy atom. The van der Waals surface area contributed by atoms with E-state index in [1.54, 1.807) is 6.20 Å². The highest BCUT2D eigenvalue weighted by molar-refractivity contribution is 5.10. The molecule has 0 bridgehead atoms. The molecule has 1 fully saturated rings. The maximum atomic E-state index is 12.9. The fourth-order valence-corrected chi connectivity index (χ4v) is 1.84. The van der Waals surface area contributed by atoms with Crippen LogP contribution < -0.4 is 0 Å². The number of pyridine rings is 1. The smallest absolute Gasteiger partial charge is 0.141 e. The molecule has 0 amide bonds. The molecule has 0 spiro atoms. The van der Waals surface area contributed by atoms with Gasteiger partial charge in [0.15, 0.2) is 0 Å². The molecule has 88 valence electrons. The second kappa shape index (κ2) is 5.34. The highest BCUT2D eigenvalue weighted by Gasteiger charge is 2.22. The summed E-state index contributed by atoms with van der Waals surface area (Å²) < 4.78 is 18.2. The van der Waals surface area contributed by atoms with Gasteiger partial charge in [-0.3, -0.25) is 9.88 Å². The molecule has 5 heteroatoms. The highest BCUT2D eigenvalue weighted by Crippen LogP contribution is 2.12. The van der Waals surface area contributed by atoms with Gasteiger partial charge in [0.25, 0.3) is 0 Å². The van der Waals surface area contributed by atoms with Crippen LogP contribution in [-0.2, 0) is 11.3 Å². The number of aromatic nitrogens is 1. The molecule has 1 aliphatic heterocycles. The molecule has 0 radical (unpaired) electrons. The summed E-state index contributed by atoms with van der Waals surface area (Å²) in [7, 11) is 0. The number of hydrogen-bond donors (Lipinski definition) is 1. The lowest BCUT2D eigenvalue weighted by molar-refractivity contribution is -0.0313. The van der Waals surface area contributed by atoms with Crippen molar-refractivity contribution >= 4 is 0 Å². The van der Waals surface area contributed by atoms with Crippen LogP contribution in [0.2, 0.25) is 0 Å². The van der Waals surface area contributed by atoms with Gasteiger partial charge in [-0.25, -0.2) is 4.39 Å². The van der Waals surface area contributed by atoms with Gasteiger partial charge in [-0.2, -0.15) is 0 Å². The van der Waals surface area contributed by atoms with E-state index in [0.717, 1.165) is 12.1 Å². The first-order valence-electron chi connectivity index (χ1n) is 5.31. The van der Waals surface area contributed by atoms with Crippen molar-refractivity contribution in [2.45, 2.75) is 12.6 Å². The second-order valence-corrected chi connectivity index (χ2v) is 3.89. The van der Waals surface area contributed by atoms with Crippen LogP contribution >= 0.6 is 0 Å². The molecule has 0 aliphatic carbocycles. The third kappa shape index (κ3) is 2.75. The van der Waals surface area contributed by atoms with Gasteiger partial charge in [-0.15, -0.1) is 0 Å².